The van der Waals surface area contributed by atoms with Crippen LogP contribution in [0.3, 0.4) is 0 Å². The van der Waals surface area contributed by atoms with Crippen LogP contribution < -0.4 is 5.32 Å². The molecule has 3 heteroatoms. The molecule has 0 amide bonds. The Bertz CT molecular complexity index is 227. The standard InChI is InChI=1S/C11H21N3/c1-6-13-11(7-8-12-5)14-10(4)9(2)3/h6,9,12H,1,7-8H2,2-5H3. The maximum absolute atomic E-state index is 4.46. The molecule has 0 saturated carbocycles. The number of aliphatic imine (C=N–C) groups is 2. The second-order valence-electron chi connectivity index (χ2n) is 3.49. The van der Waals surface area contributed by atoms with E-state index in [0.29, 0.717) is 5.92 Å². The smallest absolute Gasteiger partial charge is 0.129 e. The molecular weight excluding hydrogens is 174 g/mol. The highest BCUT2D eigenvalue weighted by atomic mass is 14.9. The molecule has 0 bridgehead atoms. The van der Waals surface area contributed by atoms with Crippen LogP contribution in [0.2, 0.25) is 0 Å². The van der Waals surface area contributed by atoms with Crippen molar-refractivity contribution in [3.63, 3.8) is 0 Å². The molecule has 0 aliphatic heterocycles. The first-order valence-corrected chi connectivity index (χ1v) is 4.99. The second kappa shape index (κ2) is 7.44. The molecule has 0 aromatic rings. The van der Waals surface area contributed by atoms with E-state index >= 15 is 0 Å². The minimum absolute atomic E-state index is 0.472. The van der Waals surface area contributed by atoms with Crippen LogP contribution in [-0.4, -0.2) is 25.1 Å². The van der Waals surface area contributed by atoms with Crippen molar-refractivity contribution in [2.45, 2.75) is 27.2 Å². The summed E-state index contributed by atoms with van der Waals surface area (Å²) in [4.78, 5) is 8.60. The maximum atomic E-state index is 4.46. The summed E-state index contributed by atoms with van der Waals surface area (Å²) < 4.78 is 0. The molecule has 80 valence electrons. The molecule has 0 heterocycles. The van der Waals surface area contributed by atoms with Crippen molar-refractivity contribution in [2.75, 3.05) is 13.6 Å². The minimum atomic E-state index is 0.472. The van der Waals surface area contributed by atoms with Gasteiger partial charge >= 0.3 is 0 Å². The van der Waals surface area contributed by atoms with Crippen molar-refractivity contribution in [1.82, 2.24) is 5.32 Å². The summed E-state index contributed by atoms with van der Waals surface area (Å²) in [5.41, 5.74) is 1.11. The normalized spacial score (nSPS) is 13.5. The number of hydrogen-bond donors (Lipinski definition) is 1. The predicted molar refractivity (Wildman–Crippen MR) is 64.1 cm³/mol. The fourth-order valence-electron chi connectivity index (χ4n) is 0.824. The lowest BCUT2D eigenvalue weighted by Crippen LogP contribution is -2.13. The van der Waals surface area contributed by atoms with Gasteiger partial charge in [-0.3, -0.25) is 0 Å². The zero-order valence-electron chi connectivity index (χ0n) is 9.67. The van der Waals surface area contributed by atoms with Gasteiger partial charge in [-0.2, -0.15) is 0 Å². The fourth-order valence-corrected chi connectivity index (χ4v) is 0.824. The zero-order chi connectivity index (χ0) is 11.0. The average molecular weight is 195 g/mol. The summed E-state index contributed by atoms with van der Waals surface area (Å²) in [7, 11) is 1.92. The van der Waals surface area contributed by atoms with E-state index in [1.165, 1.54) is 0 Å². The summed E-state index contributed by atoms with van der Waals surface area (Å²) in [5.74, 6) is 1.32. The summed E-state index contributed by atoms with van der Waals surface area (Å²) in [6.07, 6.45) is 2.38. The monoisotopic (exact) mass is 195 g/mol. The largest absolute Gasteiger partial charge is 0.319 e. The van der Waals surface area contributed by atoms with E-state index in [4.69, 9.17) is 0 Å². The number of nitrogens with zero attached hydrogens (tertiary/aromatic N) is 2. The molecule has 0 atom stereocenters. The Morgan fingerprint density at radius 1 is 1.50 bits per heavy atom. The molecule has 14 heavy (non-hydrogen) atoms. The van der Waals surface area contributed by atoms with Gasteiger partial charge in [0.15, 0.2) is 0 Å². The molecule has 0 unspecified atom stereocenters. The first kappa shape index (κ1) is 13.0. The zero-order valence-corrected chi connectivity index (χ0v) is 9.67. The van der Waals surface area contributed by atoms with Crippen LogP contribution in [0, 0.1) is 5.92 Å². The van der Waals surface area contributed by atoms with E-state index in [2.05, 4.69) is 35.7 Å². The van der Waals surface area contributed by atoms with Crippen LogP contribution in [0.15, 0.2) is 22.8 Å². The number of hydrogen-bond acceptors (Lipinski definition) is 2. The highest BCUT2D eigenvalue weighted by Crippen LogP contribution is 1.99. The number of amidine groups is 1. The Morgan fingerprint density at radius 2 is 2.14 bits per heavy atom. The lowest BCUT2D eigenvalue weighted by Gasteiger charge is -2.05. The highest BCUT2D eigenvalue weighted by molar-refractivity contribution is 5.98. The summed E-state index contributed by atoms with van der Waals surface area (Å²) in [6, 6.07) is 0. The molecule has 0 aliphatic carbocycles. The Kier molecular flexibility index (Phi) is 6.93. The van der Waals surface area contributed by atoms with E-state index in [9.17, 15) is 0 Å². The Labute approximate surface area is 87.0 Å². The third kappa shape index (κ3) is 5.65. The Morgan fingerprint density at radius 3 is 2.57 bits per heavy atom. The lowest BCUT2D eigenvalue weighted by atomic mass is 10.1. The molecule has 0 aromatic heterocycles. The van der Waals surface area contributed by atoms with Crippen LogP contribution in [0.25, 0.3) is 0 Å². The van der Waals surface area contributed by atoms with Gasteiger partial charge in [0, 0.05) is 24.9 Å². The van der Waals surface area contributed by atoms with E-state index < -0.39 is 0 Å². The molecule has 3 nitrogen and oxygen atoms in total. The van der Waals surface area contributed by atoms with Crippen LogP contribution in [0.4, 0.5) is 0 Å². The van der Waals surface area contributed by atoms with Crippen molar-refractivity contribution < 1.29 is 0 Å². The molecule has 0 saturated heterocycles. The van der Waals surface area contributed by atoms with Crippen molar-refractivity contribution >= 4 is 11.5 Å². The van der Waals surface area contributed by atoms with Gasteiger partial charge in [0.2, 0.25) is 0 Å². The van der Waals surface area contributed by atoms with E-state index in [1.807, 2.05) is 14.0 Å². The summed E-state index contributed by atoms with van der Waals surface area (Å²) in [5, 5.41) is 3.07. The van der Waals surface area contributed by atoms with Crippen LogP contribution in [0.1, 0.15) is 27.2 Å². The fraction of sp³-hybridized carbons (Fsp3) is 0.636. The molecule has 0 rings (SSSR count). The van der Waals surface area contributed by atoms with Gasteiger partial charge in [-0.15, -0.1) is 0 Å². The molecule has 0 radical (unpaired) electrons. The van der Waals surface area contributed by atoms with Crippen molar-refractivity contribution in [1.29, 1.82) is 0 Å². The van der Waals surface area contributed by atoms with Crippen LogP contribution in [-0.2, 0) is 0 Å². The average Bonchev–Trinajstić information content (AvgIpc) is 2.14. The highest BCUT2D eigenvalue weighted by Gasteiger charge is 2.00. The van der Waals surface area contributed by atoms with Crippen molar-refractivity contribution in [3.05, 3.63) is 12.8 Å². The third-order valence-electron chi connectivity index (χ3n) is 1.98. The first-order valence-electron chi connectivity index (χ1n) is 4.99. The van der Waals surface area contributed by atoms with E-state index in [1.54, 1.807) is 6.20 Å². The molecular formula is C11H21N3. The van der Waals surface area contributed by atoms with Crippen molar-refractivity contribution in [3.8, 4) is 0 Å². The number of nitrogens with one attached hydrogen (secondary N) is 1. The van der Waals surface area contributed by atoms with Gasteiger partial charge < -0.3 is 5.32 Å². The molecule has 1 N–H and O–H groups in total. The van der Waals surface area contributed by atoms with Gasteiger partial charge in [-0.25, -0.2) is 9.98 Å². The third-order valence-corrected chi connectivity index (χ3v) is 1.98. The molecule has 0 aliphatic rings. The molecule has 0 fully saturated rings. The second-order valence-corrected chi connectivity index (χ2v) is 3.49. The SMILES string of the molecule is C=CN=C(CCNC)N=C(C)C(C)C. The molecule has 0 spiro atoms. The first-order chi connectivity index (χ1) is 6.61. The van der Waals surface area contributed by atoms with Gasteiger partial charge in [-0.05, 0) is 19.9 Å². The lowest BCUT2D eigenvalue weighted by molar-refractivity contribution is 0.819. The quantitative estimate of drug-likeness (QED) is 0.530. The van der Waals surface area contributed by atoms with Crippen LogP contribution >= 0.6 is 0 Å². The maximum Gasteiger partial charge on any atom is 0.129 e. The van der Waals surface area contributed by atoms with Gasteiger partial charge in [0.25, 0.3) is 0 Å². The number of rotatable bonds is 5. The van der Waals surface area contributed by atoms with E-state index in [0.717, 1.165) is 24.5 Å². The topological polar surface area (TPSA) is 36.8 Å². The van der Waals surface area contributed by atoms with Gasteiger partial charge in [0.1, 0.15) is 5.84 Å². The molecule has 0 aromatic carbocycles. The van der Waals surface area contributed by atoms with Crippen molar-refractivity contribution in [2.24, 2.45) is 15.9 Å². The predicted octanol–water partition coefficient (Wildman–Crippen LogP) is 2.25. The summed E-state index contributed by atoms with van der Waals surface area (Å²) in [6.45, 7) is 10.8. The minimum Gasteiger partial charge on any atom is -0.319 e. The summed E-state index contributed by atoms with van der Waals surface area (Å²) >= 11 is 0. The Balaban J connectivity index is 4.43. The van der Waals surface area contributed by atoms with E-state index in [-0.39, 0.29) is 0 Å². The van der Waals surface area contributed by atoms with Gasteiger partial charge in [0.05, 0.1) is 0 Å². The Hall–Kier alpha value is -0.960. The van der Waals surface area contributed by atoms with Gasteiger partial charge in [-0.1, -0.05) is 20.4 Å². The van der Waals surface area contributed by atoms with Crippen LogP contribution in [0.5, 0.6) is 0 Å².